The van der Waals surface area contributed by atoms with Crippen LogP contribution in [0.25, 0.3) is 0 Å². The van der Waals surface area contributed by atoms with Crippen molar-refractivity contribution in [3.63, 3.8) is 0 Å². The van der Waals surface area contributed by atoms with Gasteiger partial charge >= 0.3 is 30.2 Å². The fraction of sp³-hybridized carbons (Fsp3) is 0.800. The first-order chi connectivity index (χ1) is 19.0. The Bertz CT molecular complexity index is 1100. The Morgan fingerprint density at radius 3 is 1.52 bits per heavy atom. The zero-order chi connectivity index (χ0) is 30.4. The minimum atomic E-state index is -4.61. The number of amides is 1. The summed E-state index contributed by atoms with van der Waals surface area (Å²) in [6, 6.07) is 0. The lowest BCUT2D eigenvalue weighted by Crippen LogP contribution is -2.36. The number of aromatic nitrogens is 4. The summed E-state index contributed by atoms with van der Waals surface area (Å²) in [5, 5.41) is 15.8. The van der Waals surface area contributed by atoms with Crippen molar-refractivity contribution in [1.29, 1.82) is 0 Å². The van der Waals surface area contributed by atoms with E-state index >= 15 is 0 Å². The molecule has 2 aliphatic rings. The molecule has 0 unspecified atom stereocenters. The maximum atomic E-state index is 12.5. The molecule has 240 valence electrons. The van der Waals surface area contributed by atoms with Crippen LogP contribution in [-0.2, 0) is 17.1 Å². The van der Waals surface area contributed by atoms with Gasteiger partial charge in [0.1, 0.15) is 5.60 Å². The molecule has 2 aromatic heterocycles. The first kappa shape index (κ1) is 35.6. The third-order valence-corrected chi connectivity index (χ3v) is 7.03. The lowest BCUT2D eigenvalue weighted by molar-refractivity contribution is -0.158. The van der Waals surface area contributed by atoms with Gasteiger partial charge in [-0.05, 0) is 90.5 Å². The molecule has 0 saturated heterocycles. The summed E-state index contributed by atoms with van der Waals surface area (Å²) in [7, 11) is 0. The van der Waals surface area contributed by atoms with E-state index < -0.39 is 35.8 Å². The van der Waals surface area contributed by atoms with Gasteiger partial charge in [0.15, 0.2) is 0 Å². The van der Waals surface area contributed by atoms with Crippen molar-refractivity contribution in [2.75, 3.05) is 13.1 Å². The number of nitrogens with two attached hydrogens (primary N) is 1. The first-order valence-corrected chi connectivity index (χ1v) is 13.5. The summed E-state index contributed by atoms with van der Waals surface area (Å²) in [5.74, 6) is -1.89. The number of ether oxygens (including phenoxy) is 1. The number of carbonyl (C=O) groups excluding carboxylic acids is 1. The minimum Gasteiger partial charge on any atom is -0.444 e. The molecule has 10 nitrogen and oxygen atoms in total. The lowest BCUT2D eigenvalue weighted by atomic mass is 9.82. The molecule has 2 saturated carbocycles. The number of rotatable bonds is 5. The van der Waals surface area contributed by atoms with Gasteiger partial charge in [-0.25, -0.2) is 4.79 Å². The van der Waals surface area contributed by atoms with Crippen LogP contribution in [0.2, 0.25) is 0 Å². The third-order valence-electron chi connectivity index (χ3n) is 7.03. The maximum Gasteiger partial charge on any atom is 0.470 e. The molecule has 42 heavy (non-hydrogen) atoms. The fourth-order valence-corrected chi connectivity index (χ4v) is 4.83. The van der Waals surface area contributed by atoms with Gasteiger partial charge in [-0.3, -0.25) is 0 Å². The first-order valence-electron chi connectivity index (χ1n) is 13.5. The predicted octanol–water partition coefficient (Wildman–Crippen LogP) is 6.63. The Kier molecular flexibility index (Phi) is 12.5. The second-order valence-corrected chi connectivity index (χ2v) is 11.4. The zero-order valence-electron chi connectivity index (χ0n) is 23.6. The molecule has 0 radical (unpaired) electrons. The Labute approximate surface area is 245 Å². The second kappa shape index (κ2) is 14.7. The SMILES string of the molecule is CC(C)(C)OC(=O)NCC1CCC(c2nnc(C(F)(F)F)o2)CC1.Cl.NCC1CCC(c2nnc(C(F)(F)F)o2)CC1. The van der Waals surface area contributed by atoms with Crippen LogP contribution >= 0.6 is 12.4 Å². The van der Waals surface area contributed by atoms with Crippen molar-refractivity contribution in [3.8, 4) is 0 Å². The largest absolute Gasteiger partial charge is 0.470 e. The summed E-state index contributed by atoms with van der Waals surface area (Å²) in [5.41, 5.74) is 5.00. The highest BCUT2D eigenvalue weighted by atomic mass is 35.5. The van der Waals surface area contributed by atoms with Crippen LogP contribution < -0.4 is 11.1 Å². The summed E-state index contributed by atoms with van der Waals surface area (Å²) < 4.78 is 88.8. The molecule has 0 bridgehead atoms. The van der Waals surface area contributed by atoms with E-state index in [1.807, 2.05) is 0 Å². The molecule has 1 amide bonds. The number of carbonyl (C=O) groups is 1. The van der Waals surface area contributed by atoms with E-state index in [0.717, 1.165) is 38.5 Å². The topological polar surface area (TPSA) is 142 Å². The van der Waals surface area contributed by atoms with E-state index in [2.05, 4.69) is 30.1 Å². The van der Waals surface area contributed by atoms with Gasteiger partial charge in [0, 0.05) is 18.4 Å². The third kappa shape index (κ3) is 10.9. The highest BCUT2D eigenvalue weighted by Gasteiger charge is 2.40. The summed E-state index contributed by atoms with van der Waals surface area (Å²) in [6.45, 7) is 6.48. The smallest absolute Gasteiger partial charge is 0.444 e. The van der Waals surface area contributed by atoms with Crippen molar-refractivity contribution in [3.05, 3.63) is 23.6 Å². The predicted molar refractivity (Wildman–Crippen MR) is 139 cm³/mol. The average Bonchev–Trinajstić information content (AvgIpc) is 3.58. The molecule has 17 heteroatoms. The van der Waals surface area contributed by atoms with Gasteiger partial charge in [-0.15, -0.1) is 32.8 Å². The molecule has 2 heterocycles. The molecule has 2 aliphatic carbocycles. The molecule has 3 N–H and O–H groups in total. The summed E-state index contributed by atoms with van der Waals surface area (Å²) in [4.78, 5) is 11.6. The number of halogens is 7. The molecule has 0 aliphatic heterocycles. The molecule has 2 aromatic rings. The molecular weight excluding hydrogens is 598 g/mol. The summed E-state index contributed by atoms with van der Waals surface area (Å²) >= 11 is 0. The Morgan fingerprint density at radius 2 is 1.19 bits per heavy atom. The van der Waals surface area contributed by atoms with E-state index in [-0.39, 0.29) is 41.9 Å². The fourth-order valence-electron chi connectivity index (χ4n) is 4.83. The van der Waals surface area contributed by atoms with Crippen LogP contribution in [-0.4, -0.2) is 45.2 Å². The highest BCUT2D eigenvalue weighted by molar-refractivity contribution is 5.85. The van der Waals surface area contributed by atoms with Crippen molar-refractivity contribution in [2.24, 2.45) is 17.6 Å². The lowest BCUT2D eigenvalue weighted by Gasteiger charge is -2.27. The van der Waals surface area contributed by atoms with Gasteiger partial charge < -0.3 is 24.6 Å². The van der Waals surface area contributed by atoms with Crippen molar-refractivity contribution in [1.82, 2.24) is 25.7 Å². The van der Waals surface area contributed by atoms with E-state index in [1.54, 1.807) is 20.8 Å². The highest BCUT2D eigenvalue weighted by Crippen LogP contribution is 2.38. The Balaban J connectivity index is 0.000000302. The summed E-state index contributed by atoms with van der Waals surface area (Å²) in [6.07, 6.45) is -3.44. The molecule has 4 rings (SSSR count). The quantitative estimate of drug-likeness (QED) is 0.347. The van der Waals surface area contributed by atoms with Gasteiger partial charge in [0.05, 0.1) is 0 Å². The molecular formula is C25H37ClF6N6O4. The number of hydrogen-bond acceptors (Lipinski definition) is 9. The minimum absolute atomic E-state index is 0. The van der Waals surface area contributed by atoms with Gasteiger partial charge in [0.25, 0.3) is 0 Å². The van der Waals surface area contributed by atoms with Crippen molar-refractivity contribution >= 4 is 18.5 Å². The van der Waals surface area contributed by atoms with Crippen molar-refractivity contribution in [2.45, 2.75) is 102 Å². The maximum absolute atomic E-state index is 12.5. The van der Waals surface area contributed by atoms with Crippen LogP contribution in [0.5, 0.6) is 0 Å². The second-order valence-electron chi connectivity index (χ2n) is 11.4. The van der Waals surface area contributed by atoms with Gasteiger partial charge in [0.2, 0.25) is 11.8 Å². The van der Waals surface area contributed by atoms with Crippen LogP contribution in [0.4, 0.5) is 31.1 Å². The Morgan fingerprint density at radius 1 is 0.786 bits per heavy atom. The van der Waals surface area contributed by atoms with Crippen LogP contribution in [0, 0.1) is 11.8 Å². The number of alkyl halides is 6. The van der Waals surface area contributed by atoms with Gasteiger partial charge in [-0.2, -0.15) is 26.3 Å². The average molecular weight is 635 g/mol. The van der Waals surface area contributed by atoms with Crippen molar-refractivity contribution < 1.29 is 44.7 Å². The molecule has 0 aromatic carbocycles. The van der Waals surface area contributed by atoms with E-state index in [0.29, 0.717) is 31.8 Å². The monoisotopic (exact) mass is 634 g/mol. The number of nitrogens with zero attached hydrogens (tertiary/aromatic N) is 4. The zero-order valence-corrected chi connectivity index (χ0v) is 24.4. The van der Waals surface area contributed by atoms with E-state index in [4.69, 9.17) is 14.9 Å². The van der Waals surface area contributed by atoms with E-state index in [1.165, 1.54) is 0 Å². The normalized spacial score (nSPS) is 23.3. The van der Waals surface area contributed by atoms with Crippen LogP contribution in [0.3, 0.4) is 0 Å². The number of nitrogens with one attached hydrogen (secondary N) is 1. The molecule has 0 atom stereocenters. The number of alkyl carbamates (subject to hydrolysis) is 1. The standard InChI is InChI=1S/C15H22F3N3O3.C10H14F3N3O.ClH/c1-14(2,3)24-13(22)19-8-9-4-6-10(7-5-9)11-20-21-12(23-11)15(16,17)18;11-10(12,13)9-16-15-8(17-9)7-3-1-6(5-14)2-4-7;/h9-10H,4-8H2,1-3H3,(H,19,22);6-7H,1-5,14H2;1H. The van der Waals surface area contributed by atoms with Crippen LogP contribution in [0.15, 0.2) is 8.83 Å². The van der Waals surface area contributed by atoms with Crippen LogP contribution in [0.1, 0.15) is 108 Å². The molecule has 2 fully saturated rings. The molecule has 0 spiro atoms. The van der Waals surface area contributed by atoms with E-state index in [9.17, 15) is 31.1 Å². The Hall–Kier alpha value is -2.62. The number of hydrogen-bond donors (Lipinski definition) is 2. The van der Waals surface area contributed by atoms with Gasteiger partial charge in [-0.1, -0.05) is 0 Å².